The van der Waals surface area contributed by atoms with Gasteiger partial charge in [-0.1, -0.05) is 23.2 Å². The summed E-state index contributed by atoms with van der Waals surface area (Å²) < 4.78 is 1.82. The lowest BCUT2D eigenvalue weighted by Gasteiger charge is -2.06. The number of pyridine rings is 1. The van der Waals surface area contributed by atoms with Crippen molar-refractivity contribution in [3.8, 4) is 0 Å². The Morgan fingerprint density at radius 1 is 1.44 bits per heavy atom. The van der Waals surface area contributed by atoms with E-state index in [0.717, 1.165) is 5.82 Å². The molecule has 1 N–H and O–H groups in total. The zero-order chi connectivity index (χ0) is 11.5. The highest BCUT2D eigenvalue weighted by Gasteiger charge is 2.04. The van der Waals surface area contributed by atoms with Crippen molar-refractivity contribution in [1.82, 2.24) is 19.7 Å². The van der Waals surface area contributed by atoms with Gasteiger partial charge in [-0.25, -0.2) is 4.98 Å². The summed E-state index contributed by atoms with van der Waals surface area (Å²) in [6.07, 6.45) is 3.17. The van der Waals surface area contributed by atoms with E-state index in [1.807, 2.05) is 11.6 Å². The van der Waals surface area contributed by atoms with Gasteiger partial charge < -0.3 is 9.88 Å². The molecule has 0 unspecified atom stereocenters. The number of hydrogen-bond donors (Lipinski definition) is 1. The van der Waals surface area contributed by atoms with E-state index in [4.69, 9.17) is 23.2 Å². The van der Waals surface area contributed by atoms with E-state index in [1.165, 1.54) is 6.20 Å². The molecule has 0 saturated heterocycles. The monoisotopic (exact) mass is 257 g/mol. The Kier molecular flexibility index (Phi) is 3.26. The first kappa shape index (κ1) is 11.2. The van der Waals surface area contributed by atoms with Crippen molar-refractivity contribution in [1.29, 1.82) is 0 Å². The van der Waals surface area contributed by atoms with Gasteiger partial charge in [-0.15, -0.1) is 10.2 Å². The van der Waals surface area contributed by atoms with E-state index >= 15 is 0 Å². The third-order valence-electron chi connectivity index (χ3n) is 2.03. The van der Waals surface area contributed by atoms with Crippen molar-refractivity contribution < 1.29 is 0 Å². The van der Waals surface area contributed by atoms with E-state index in [9.17, 15) is 0 Å². The van der Waals surface area contributed by atoms with Crippen LogP contribution < -0.4 is 5.32 Å². The van der Waals surface area contributed by atoms with Crippen LogP contribution in [0, 0.1) is 0 Å². The standard InChI is InChI=1S/C9H9Cl2N5/c1-16-5-14-15-8(16)4-13-9-7(11)2-6(10)3-12-9/h2-3,5H,4H2,1H3,(H,12,13). The summed E-state index contributed by atoms with van der Waals surface area (Å²) in [7, 11) is 1.87. The number of aromatic nitrogens is 4. The normalized spacial score (nSPS) is 10.4. The maximum absolute atomic E-state index is 5.96. The molecule has 84 valence electrons. The first-order chi connectivity index (χ1) is 7.66. The van der Waals surface area contributed by atoms with Gasteiger partial charge in [-0.2, -0.15) is 0 Å². The van der Waals surface area contributed by atoms with Crippen LogP contribution in [0.5, 0.6) is 0 Å². The molecule has 0 amide bonds. The topological polar surface area (TPSA) is 55.6 Å². The number of halogens is 2. The molecule has 2 aromatic rings. The summed E-state index contributed by atoms with van der Waals surface area (Å²) in [6, 6.07) is 1.63. The second-order valence-electron chi connectivity index (χ2n) is 3.20. The largest absolute Gasteiger partial charge is 0.362 e. The summed E-state index contributed by atoms with van der Waals surface area (Å²) in [5, 5.41) is 11.7. The van der Waals surface area contributed by atoms with Gasteiger partial charge in [0, 0.05) is 13.2 Å². The second kappa shape index (κ2) is 4.67. The fourth-order valence-corrected chi connectivity index (χ4v) is 1.62. The van der Waals surface area contributed by atoms with Gasteiger partial charge >= 0.3 is 0 Å². The average molecular weight is 258 g/mol. The molecular weight excluding hydrogens is 249 g/mol. The Labute approximate surface area is 102 Å². The van der Waals surface area contributed by atoms with Crippen LogP contribution in [0.4, 0.5) is 5.82 Å². The number of anilines is 1. The number of nitrogens with zero attached hydrogens (tertiary/aromatic N) is 4. The van der Waals surface area contributed by atoms with Crippen LogP contribution in [0.1, 0.15) is 5.82 Å². The SMILES string of the molecule is Cn1cnnc1CNc1ncc(Cl)cc1Cl. The van der Waals surface area contributed by atoms with Crippen LogP contribution in [0.15, 0.2) is 18.6 Å². The highest BCUT2D eigenvalue weighted by atomic mass is 35.5. The van der Waals surface area contributed by atoms with Crippen molar-refractivity contribution in [3.63, 3.8) is 0 Å². The van der Waals surface area contributed by atoms with Crippen molar-refractivity contribution in [2.45, 2.75) is 6.54 Å². The van der Waals surface area contributed by atoms with Crippen molar-refractivity contribution in [2.24, 2.45) is 7.05 Å². The maximum atomic E-state index is 5.96. The summed E-state index contributed by atoms with van der Waals surface area (Å²) in [5.41, 5.74) is 0. The van der Waals surface area contributed by atoms with Crippen LogP contribution in [0.2, 0.25) is 10.0 Å². The van der Waals surface area contributed by atoms with Crippen LogP contribution in [-0.4, -0.2) is 19.7 Å². The van der Waals surface area contributed by atoms with E-state index in [1.54, 1.807) is 12.4 Å². The molecule has 5 nitrogen and oxygen atoms in total. The van der Waals surface area contributed by atoms with Crippen LogP contribution in [-0.2, 0) is 13.6 Å². The molecule has 0 aromatic carbocycles. The Morgan fingerprint density at radius 3 is 2.88 bits per heavy atom. The van der Waals surface area contributed by atoms with Crippen molar-refractivity contribution >= 4 is 29.0 Å². The highest BCUT2D eigenvalue weighted by Crippen LogP contribution is 2.22. The molecule has 0 bridgehead atoms. The lowest BCUT2D eigenvalue weighted by molar-refractivity contribution is 0.810. The molecule has 16 heavy (non-hydrogen) atoms. The van der Waals surface area contributed by atoms with Crippen LogP contribution in [0.25, 0.3) is 0 Å². The molecular formula is C9H9Cl2N5. The van der Waals surface area contributed by atoms with Gasteiger partial charge in [0.1, 0.15) is 12.1 Å². The first-order valence-corrected chi connectivity index (χ1v) is 5.30. The van der Waals surface area contributed by atoms with Crippen LogP contribution in [0.3, 0.4) is 0 Å². The molecule has 0 aliphatic rings. The number of nitrogens with one attached hydrogen (secondary N) is 1. The molecule has 0 spiro atoms. The molecule has 2 heterocycles. The predicted octanol–water partition coefficient (Wildman–Crippen LogP) is 2.13. The number of hydrogen-bond acceptors (Lipinski definition) is 4. The minimum Gasteiger partial charge on any atom is -0.362 e. The average Bonchev–Trinajstić information content (AvgIpc) is 2.63. The molecule has 0 radical (unpaired) electrons. The lowest BCUT2D eigenvalue weighted by Crippen LogP contribution is -2.07. The quantitative estimate of drug-likeness (QED) is 0.916. The van der Waals surface area contributed by atoms with Gasteiger partial charge in [0.05, 0.1) is 16.6 Å². The summed E-state index contributed by atoms with van der Waals surface area (Å²) in [5.74, 6) is 1.38. The molecule has 7 heteroatoms. The fourth-order valence-electron chi connectivity index (χ4n) is 1.17. The summed E-state index contributed by atoms with van der Waals surface area (Å²) >= 11 is 11.7. The minimum absolute atomic E-state index is 0.481. The molecule has 0 aliphatic heterocycles. The zero-order valence-corrected chi connectivity index (χ0v) is 10.00. The lowest BCUT2D eigenvalue weighted by atomic mass is 10.4. The first-order valence-electron chi connectivity index (χ1n) is 4.54. The predicted molar refractivity (Wildman–Crippen MR) is 62.6 cm³/mol. The molecule has 2 rings (SSSR count). The third-order valence-corrected chi connectivity index (χ3v) is 2.52. The van der Waals surface area contributed by atoms with Gasteiger partial charge in [-0.05, 0) is 6.07 Å². The Bertz CT molecular complexity index is 496. The Balaban J connectivity index is 2.08. The zero-order valence-electron chi connectivity index (χ0n) is 8.48. The number of aryl methyl sites for hydroxylation is 1. The Hall–Kier alpha value is -1.33. The number of rotatable bonds is 3. The second-order valence-corrected chi connectivity index (χ2v) is 4.04. The highest BCUT2D eigenvalue weighted by molar-refractivity contribution is 6.35. The molecule has 0 saturated carbocycles. The molecule has 0 aliphatic carbocycles. The third kappa shape index (κ3) is 2.43. The van der Waals surface area contributed by atoms with E-state index in [-0.39, 0.29) is 0 Å². The van der Waals surface area contributed by atoms with Gasteiger partial charge in [-0.3, -0.25) is 0 Å². The van der Waals surface area contributed by atoms with Gasteiger partial charge in [0.2, 0.25) is 0 Å². The Morgan fingerprint density at radius 2 is 2.25 bits per heavy atom. The molecule has 0 fully saturated rings. The van der Waals surface area contributed by atoms with E-state index < -0.39 is 0 Å². The van der Waals surface area contributed by atoms with Crippen molar-refractivity contribution in [3.05, 3.63) is 34.5 Å². The fraction of sp³-hybridized carbons (Fsp3) is 0.222. The maximum Gasteiger partial charge on any atom is 0.151 e. The van der Waals surface area contributed by atoms with Crippen molar-refractivity contribution in [2.75, 3.05) is 5.32 Å². The van der Waals surface area contributed by atoms with Gasteiger partial charge in [0.25, 0.3) is 0 Å². The summed E-state index contributed by atoms with van der Waals surface area (Å²) in [4.78, 5) is 4.07. The molecule has 2 aromatic heterocycles. The smallest absolute Gasteiger partial charge is 0.151 e. The van der Waals surface area contributed by atoms with Gasteiger partial charge in [0.15, 0.2) is 5.82 Å². The van der Waals surface area contributed by atoms with E-state index in [0.29, 0.717) is 22.4 Å². The molecule has 0 atom stereocenters. The van der Waals surface area contributed by atoms with Crippen LogP contribution >= 0.6 is 23.2 Å². The van der Waals surface area contributed by atoms with E-state index in [2.05, 4.69) is 20.5 Å². The summed E-state index contributed by atoms with van der Waals surface area (Å²) in [6.45, 7) is 0.505. The minimum atomic E-state index is 0.481.